The molecule has 0 fully saturated rings. The summed E-state index contributed by atoms with van der Waals surface area (Å²) in [5.74, 6) is 0. The molecule has 18 heavy (non-hydrogen) atoms. The van der Waals surface area contributed by atoms with Crippen LogP contribution in [0, 0.1) is 0 Å². The van der Waals surface area contributed by atoms with Gasteiger partial charge in [0.25, 0.3) is 0 Å². The van der Waals surface area contributed by atoms with E-state index in [9.17, 15) is 0 Å². The first kappa shape index (κ1) is 12.7. The summed E-state index contributed by atoms with van der Waals surface area (Å²) in [6.45, 7) is 2.30. The molecule has 94 valence electrons. The molecule has 1 aromatic carbocycles. The first-order valence-electron chi connectivity index (χ1n) is 6.15. The van der Waals surface area contributed by atoms with Crippen LogP contribution in [0.5, 0.6) is 0 Å². The summed E-state index contributed by atoms with van der Waals surface area (Å²) < 4.78 is 0. The molecule has 0 aliphatic rings. The van der Waals surface area contributed by atoms with Gasteiger partial charge in [-0.1, -0.05) is 36.4 Å². The van der Waals surface area contributed by atoms with Crippen molar-refractivity contribution in [2.45, 2.75) is 19.6 Å². The van der Waals surface area contributed by atoms with Gasteiger partial charge in [-0.3, -0.25) is 9.88 Å². The zero-order valence-electron chi connectivity index (χ0n) is 10.7. The molecular weight excluding hydrogens is 222 g/mol. The molecule has 2 N–H and O–H groups in total. The Balaban J connectivity index is 2.01. The summed E-state index contributed by atoms with van der Waals surface area (Å²) >= 11 is 0. The van der Waals surface area contributed by atoms with Gasteiger partial charge in [-0.2, -0.15) is 0 Å². The number of aromatic nitrogens is 1. The maximum absolute atomic E-state index is 5.70. The maximum atomic E-state index is 5.70. The number of nitrogens with zero attached hydrogens (tertiary/aromatic N) is 2. The quantitative estimate of drug-likeness (QED) is 0.872. The van der Waals surface area contributed by atoms with Gasteiger partial charge in [-0.15, -0.1) is 0 Å². The van der Waals surface area contributed by atoms with Gasteiger partial charge in [-0.25, -0.2) is 0 Å². The molecule has 0 radical (unpaired) electrons. The van der Waals surface area contributed by atoms with E-state index in [-0.39, 0.29) is 0 Å². The third-order valence-electron chi connectivity index (χ3n) is 2.91. The van der Waals surface area contributed by atoms with Crippen LogP contribution in [0.3, 0.4) is 0 Å². The second kappa shape index (κ2) is 6.28. The van der Waals surface area contributed by atoms with Crippen molar-refractivity contribution in [1.29, 1.82) is 0 Å². The fourth-order valence-corrected chi connectivity index (χ4v) is 2.04. The van der Waals surface area contributed by atoms with E-state index in [4.69, 9.17) is 5.73 Å². The summed E-state index contributed by atoms with van der Waals surface area (Å²) in [6, 6.07) is 14.5. The van der Waals surface area contributed by atoms with Crippen LogP contribution in [0.2, 0.25) is 0 Å². The van der Waals surface area contributed by atoms with Gasteiger partial charge in [0.05, 0.1) is 5.69 Å². The van der Waals surface area contributed by atoms with Gasteiger partial charge in [-0.05, 0) is 24.2 Å². The molecule has 0 saturated heterocycles. The fraction of sp³-hybridized carbons (Fsp3) is 0.267. The highest BCUT2D eigenvalue weighted by atomic mass is 15.1. The number of hydrogen-bond acceptors (Lipinski definition) is 3. The van der Waals surface area contributed by atoms with E-state index in [0.717, 1.165) is 18.8 Å². The SMILES string of the molecule is CN(Cc1ccccc1)Cc1cccnc1CN. The normalized spacial score (nSPS) is 10.8. The average Bonchev–Trinajstić information content (AvgIpc) is 2.40. The van der Waals surface area contributed by atoms with Crippen molar-refractivity contribution in [3.8, 4) is 0 Å². The first-order chi connectivity index (χ1) is 8.79. The fourth-order valence-electron chi connectivity index (χ4n) is 2.04. The predicted molar refractivity (Wildman–Crippen MR) is 73.7 cm³/mol. The lowest BCUT2D eigenvalue weighted by Gasteiger charge is -2.18. The molecule has 0 aliphatic heterocycles. The minimum Gasteiger partial charge on any atom is -0.325 e. The second-order valence-electron chi connectivity index (χ2n) is 4.47. The molecule has 0 bridgehead atoms. The van der Waals surface area contributed by atoms with Gasteiger partial charge in [0.15, 0.2) is 0 Å². The molecule has 3 nitrogen and oxygen atoms in total. The smallest absolute Gasteiger partial charge is 0.0584 e. The largest absolute Gasteiger partial charge is 0.325 e. The van der Waals surface area contributed by atoms with Crippen LogP contribution in [-0.4, -0.2) is 16.9 Å². The highest BCUT2D eigenvalue weighted by molar-refractivity contribution is 5.20. The minimum atomic E-state index is 0.495. The molecule has 1 aromatic heterocycles. The predicted octanol–water partition coefficient (Wildman–Crippen LogP) is 2.17. The number of nitrogens with two attached hydrogens (primary N) is 1. The third kappa shape index (κ3) is 3.39. The Morgan fingerprint density at radius 2 is 1.83 bits per heavy atom. The molecule has 0 amide bonds. The molecule has 0 saturated carbocycles. The molecule has 0 atom stereocenters. The topological polar surface area (TPSA) is 42.2 Å². The lowest BCUT2D eigenvalue weighted by atomic mass is 10.1. The maximum Gasteiger partial charge on any atom is 0.0584 e. The summed E-state index contributed by atoms with van der Waals surface area (Å²) in [7, 11) is 2.11. The number of pyridine rings is 1. The second-order valence-corrected chi connectivity index (χ2v) is 4.47. The average molecular weight is 241 g/mol. The Kier molecular flexibility index (Phi) is 4.45. The molecule has 1 heterocycles. The number of hydrogen-bond donors (Lipinski definition) is 1. The van der Waals surface area contributed by atoms with Crippen LogP contribution in [0.4, 0.5) is 0 Å². The van der Waals surface area contributed by atoms with Crippen molar-refractivity contribution in [3.63, 3.8) is 0 Å². The summed E-state index contributed by atoms with van der Waals surface area (Å²) in [5.41, 5.74) is 9.21. The first-order valence-corrected chi connectivity index (χ1v) is 6.15. The van der Waals surface area contributed by atoms with Crippen molar-refractivity contribution < 1.29 is 0 Å². The molecule has 0 spiro atoms. The van der Waals surface area contributed by atoms with E-state index < -0.39 is 0 Å². The molecule has 2 aromatic rings. The molecule has 2 rings (SSSR count). The number of benzene rings is 1. The standard InChI is InChI=1S/C15H19N3/c1-18(11-13-6-3-2-4-7-13)12-14-8-5-9-17-15(14)10-16/h2-9H,10-12,16H2,1H3. The third-order valence-corrected chi connectivity index (χ3v) is 2.91. The van der Waals surface area contributed by atoms with Crippen molar-refractivity contribution in [2.75, 3.05) is 7.05 Å². The Bertz CT molecular complexity index is 482. The summed E-state index contributed by atoms with van der Waals surface area (Å²) in [4.78, 5) is 6.57. The summed E-state index contributed by atoms with van der Waals surface area (Å²) in [6.07, 6.45) is 1.79. The van der Waals surface area contributed by atoms with Gasteiger partial charge in [0.2, 0.25) is 0 Å². The van der Waals surface area contributed by atoms with Crippen LogP contribution in [0.15, 0.2) is 48.7 Å². The van der Waals surface area contributed by atoms with Gasteiger partial charge >= 0.3 is 0 Å². The highest BCUT2D eigenvalue weighted by Gasteiger charge is 2.05. The monoisotopic (exact) mass is 241 g/mol. The molecule has 0 aliphatic carbocycles. The minimum absolute atomic E-state index is 0.495. The van der Waals surface area contributed by atoms with Gasteiger partial charge in [0.1, 0.15) is 0 Å². The summed E-state index contributed by atoms with van der Waals surface area (Å²) in [5, 5.41) is 0. The van der Waals surface area contributed by atoms with E-state index >= 15 is 0 Å². The molecular formula is C15H19N3. The van der Waals surface area contributed by atoms with Crippen LogP contribution in [-0.2, 0) is 19.6 Å². The van der Waals surface area contributed by atoms with Crippen molar-refractivity contribution in [1.82, 2.24) is 9.88 Å². The van der Waals surface area contributed by atoms with Crippen molar-refractivity contribution in [2.24, 2.45) is 5.73 Å². The Morgan fingerprint density at radius 3 is 2.56 bits per heavy atom. The van der Waals surface area contributed by atoms with E-state index in [1.807, 2.05) is 12.1 Å². The van der Waals surface area contributed by atoms with E-state index in [0.29, 0.717) is 6.54 Å². The zero-order chi connectivity index (χ0) is 12.8. The van der Waals surface area contributed by atoms with Crippen LogP contribution >= 0.6 is 0 Å². The van der Waals surface area contributed by atoms with Crippen LogP contribution in [0.25, 0.3) is 0 Å². The molecule has 0 unspecified atom stereocenters. The molecule has 3 heteroatoms. The van der Waals surface area contributed by atoms with Gasteiger partial charge in [0, 0.05) is 25.8 Å². The Morgan fingerprint density at radius 1 is 1.06 bits per heavy atom. The van der Waals surface area contributed by atoms with Crippen LogP contribution in [0.1, 0.15) is 16.8 Å². The Labute approximate surface area is 108 Å². The van der Waals surface area contributed by atoms with Crippen molar-refractivity contribution >= 4 is 0 Å². The number of rotatable bonds is 5. The highest BCUT2D eigenvalue weighted by Crippen LogP contribution is 2.10. The van der Waals surface area contributed by atoms with E-state index in [1.165, 1.54) is 11.1 Å². The van der Waals surface area contributed by atoms with Gasteiger partial charge < -0.3 is 5.73 Å². The van der Waals surface area contributed by atoms with Crippen molar-refractivity contribution in [3.05, 3.63) is 65.5 Å². The zero-order valence-corrected chi connectivity index (χ0v) is 10.7. The van der Waals surface area contributed by atoms with E-state index in [2.05, 4.69) is 47.3 Å². The van der Waals surface area contributed by atoms with Crippen LogP contribution < -0.4 is 5.73 Å². The Hall–Kier alpha value is -1.71. The lowest BCUT2D eigenvalue weighted by Crippen LogP contribution is -2.19. The lowest BCUT2D eigenvalue weighted by molar-refractivity contribution is 0.317. The van der Waals surface area contributed by atoms with E-state index in [1.54, 1.807) is 6.20 Å².